The summed E-state index contributed by atoms with van der Waals surface area (Å²) in [5.41, 5.74) is 0. The van der Waals surface area contributed by atoms with Crippen LogP contribution in [0.2, 0.25) is 0 Å². The lowest BCUT2D eigenvalue weighted by atomic mass is 10.0. The van der Waals surface area contributed by atoms with Gasteiger partial charge in [-0.05, 0) is 116 Å². The topological polar surface area (TPSA) is 108 Å². The number of rotatable bonds is 58. The second-order valence-corrected chi connectivity index (χ2v) is 22.3. The lowest BCUT2D eigenvalue weighted by molar-refractivity contribution is -0.870. The molecular formula is C74H120NO8+. The zero-order chi connectivity index (χ0) is 60.5. The molecule has 0 aromatic heterocycles. The van der Waals surface area contributed by atoms with Crippen LogP contribution in [0.25, 0.3) is 0 Å². The Hall–Kier alpha value is -5.09. The van der Waals surface area contributed by atoms with Crippen molar-refractivity contribution in [3.05, 3.63) is 158 Å². The third kappa shape index (κ3) is 64.3. The Morgan fingerprint density at radius 3 is 1.00 bits per heavy atom. The van der Waals surface area contributed by atoms with E-state index < -0.39 is 30.3 Å². The lowest BCUT2D eigenvalue weighted by Gasteiger charge is -2.25. The predicted octanol–water partition coefficient (Wildman–Crippen LogP) is 20.1. The Balaban J connectivity index is 4.12. The minimum atomic E-state index is -1.53. The van der Waals surface area contributed by atoms with Crippen molar-refractivity contribution in [2.45, 2.75) is 245 Å². The Labute approximate surface area is 508 Å². The number of carboxylic acids is 1. The molecule has 0 aromatic rings. The van der Waals surface area contributed by atoms with Crippen molar-refractivity contribution < 1.29 is 42.9 Å². The van der Waals surface area contributed by atoms with E-state index in [0.717, 1.165) is 109 Å². The highest BCUT2D eigenvalue weighted by Gasteiger charge is 2.25. The number of unbranched alkanes of at least 4 members (excludes halogenated alkanes) is 17. The van der Waals surface area contributed by atoms with Gasteiger partial charge in [-0.2, -0.15) is 0 Å². The molecule has 0 amide bonds. The van der Waals surface area contributed by atoms with E-state index in [1.54, 1.807) is 0 Å². The van der Waals surface area contributed by atoms with Crippen molar-refractivity contribution in [3.8, 4) is 0 Å². The van der Waals surface area contributed by atoms with Gasteiger partial charge in [0.2, 0.25) is 0 Å². The lowest BCUT2D eigenvalue weighted by Crippen LogP contribution is -2.40. The minimum Gasteiger partial charge on any atom is -0.477 e. The van der Waals surface area contributed by atoms with Crippen molar-refractivity contribution in [2.75, 3.05) is 47.5 Å². The smallest absolute Gasteiger partial charge is 0.361 e. The van der Waals surface area contributed by atoms with Crippen molar-refractivity contribution in [1.82, 2.24) is 0 Å². The summed E-state index contributed by atoms with van der Waals surface area (Å²) >= 11 is 0. The predicted molar refractivity (Wildman–Crippen MR) is 354 cm³/mol. The first-order valence-corrected chi connectivity index (χ1v) is 32.6. The normalized spacial score (nSPS) is 13.8. The van der Waals surface area contributed by atoms with Gasteiger partial charge in [-0.15, -0.1) is 0 Å². The zero-order valence-electron chi connectivity index (χ0n) is 53.3. The molecule has 0 aliphatic heterocycles. The maximum Gasteiger partial charge on any atom is 0.361 e. The van der Waals surface area contributed by atoms with Gasteiger partial charge in [0.25, 0.3) is 6.29 Å². The number of carboxylic acid groups (broad SMARTS) is 1. The molecule has 0 spiro atoms. The van der Waals surface area contributed by atoms with Crippen molar-refractivity contribution in [1.29, 1.82) is 0 Å². The van der Waals surface area contributed by atoms with Gasteiger partial charge in [0, 0.05) is 12.8 Å². The van der Waals surface area contributed by atoms with Crippen LogP contribution in [0.3, 0.4) is 0 Å². The first kappa shape index (κ1) is 77.9. The molecule has 468 valence electrons. The van der Waals surface area contributed by atoms with E-state index in [9.17, 15) is 19.5 Å². The SMILES string of the molecule is CC/C=C\C/C=C\C/C=C\C/C=C\C/C=C\C/C=C\C/C=C\C/C=C\CCCCCCCCCCCCCCCCCCC(=O)OC(COC(=O)CCC/C=C\C/C=C\C/C=C\C/C=C\C/C=C\CC)COC(OCC[N+](C)(C)C)C(=O)O. The molecule has 9 heteroatoms. The van der Waals surface area contributed by atoms with E-state index in [1.807, 2.05) is 21.1 Å². The number of aliphatic carboxylic acids is 1. The molecule has 0 fully saturated rings. The quantitative estimate of drug-likeness (QED) is 0.0211. The average Bonchev–Trinajstić information content (AvgIpc) is 3.46. The zero-order valence-corrected chi connectivity index (χ0v) is 53.3. The fourth-order valence-electron chi connectivity index (χ4n) is 8.36. The summed E-state index contributed by atoms with van der Waals surface area (Å²) in [5, 5.41) is 9.71. The molecule has 1 N–H and O–H groups in total. The van der Waals surface area contributed by atoms with E-state index in [2.05, 4.69) is 172 Å². The van der Waals surface area contributed by atoms with Crippen LogP contribution in [0.4, 0.5) is 0 Å². The Morgan fingerprint density at radius 2 is 0.663 bits per heavy atom. The summed E-state index contributed by atoms with van der Waals surface area (Å²) in [6.45, 7) is 4.57. The van der Waals surface area contributed by atoms with E-state index in [1.165, 1.54) is 83.5 Å². The number of carbonyl (C=O) groups excluding carboxylic acids is 2. The highest BCUT2D eigenvalue weighted by Crippen LogP contribution is 2.16. The summed E-state index contributed by atoms with van der Waals surface area (Å²) in [5.74, 6) is -2.09. The average molecular weight is 1150 g/mol. The molecule has 0 bridgehead atoms. The highest BCUT2D eigenvalue weighted by molar-refractivity contribution is 5.71. The Kier molecular flexibility index (Phi) is 59.1. The minimum absolute atomic E-state index is 0.172. The van der Waals surface area contributed by atoms with E-state index in [-0.39, 0.29) is 32.7 Å². The van der Waals surface area contributed by atoms with Gasteiger partial charge in [0.05, 0.1) is 34.4 Å². The van der Waals surface area contributed by atoms with Crippen molar-refractivity contribution >= 4 is 17.9 Å². The molecule has 0 radical (unpaired) electrons. The Morgan fingerprint density at radius 1 is 0.361 bits per heavy atom. The molecule has 0 aliphatic rings. The number of ether oxygens (including phenoxy) is 4. The summed E-state index contributed by atoms with van der Waals surface area (Å²) in [4.78, 5) is 37.4. The van der Waals surface area contributed by atoms with Gasteiger partial charge in [-0.3, -0.25) is 9.59 Å². The maximum atomic E-state index is 12.9. The van der Waals surface area contributed by atoms with Crippen LogP contribution in [-0.2, 0) is 33.3 Å². The highest BCUT2D eigenvalue weighted by atomic mass is 16.7. The molecule has 2 atom stereocenters. The number of esters is 2. The van der Waals surface area contributed by atoms with Crippen molar-refractivity contribution in [2.24, 2.45) is 0 Å². The first-order valence-electron chi connectivity index (χ1n) is 32.6. The number of likely N-dealkylation sites (N-methyl/N-ethyl adjacent to an activating group) is 1. The van der Waals surface area contributed by atoms with Crippen LogP contribution in [-0.4, -0.2) is 87.4 Å². The third-order valence-electron chi connectivity index (χ3n) is 13.3. The monoisotopic (exact) mass is 1150 g/mol. The number of hydrogen-bond donors (Lipinski definition) is 1. The molecule has 0 heterocycles. The molecule has 0 saturated carbocycles. The molecule has 83 heavy (non-hydrogen) atoms. The van der Waals surface area contributed by atoms with Gasteiger partial charge < -0.3 is 28.5 Å². The maximum absolute atomic E-state index is 12.9. The molecule has 9 nitrogen and oxygen atoms in total. The third-order valence-corrected chi connectivity index (χ3v) is 13.3. The fraction of sp³-hybridized carbons (Fsp3) is 0.608. The second kappa shape index (κ2) is 62.9. The summed E-state index contributed by atoms with van der Waals surface area (Å²) < 4.78 is 22.8. The largest absolute Gasteiger partial charge is 0.477 e. The van der Waals surface area contributed by atoms with Gasteiger partial charge in [-0.25, -0.2) is 4.79 Å². The van der Waals surface area contributed by atoms with E-state index >= 15 is 0 Å². The van der Waals surface area contributed by atoms with E-state index in [4.69, 9.17) is 18.9 Å². The van der Waals surface area contributed by atoms with Gasteiger partial charge >= 0.3 is 17.9 Å². The number of hydrogen-bond acceptors (Lipinski definition) is 7. The summed E-state index contributed by atoms with van der Waals surface area (Å²) in [6, 6.07) is 0. The molecule has 0 rings (SSSR count). The molecule has 0 aliphatic carbocycles. The number of carbonyl (C=O) groups is 3. The van der Waals surface area contributed by atoms with Gasteiger partial charge in [0.1, 0.15) is 13.2 Å². The van der Waals surface area contributed by atoms with Crippen LogP contribution in [0.1, 0.15) is 232 Å². The number of quaternary nitrogens is 1. The number of allylic oxidation sites excluding steroid dienone is 26. The first-order chi connectivity index (χ1) is 40.6. The summed E-state index contributed by atoms with van der Waals surface area (Å²) in [7, 11) is 5.95. The van der Waals surface area contributed by atoms with Crippen LogP contribution in [0.5, 0.6) is 0 Å². The van der Waals surface area contributed by atoms with Gasteiger partial charge in [0.15, 0.2) is 6.10 Å². The van der Waals surface area contributed by atoms with Crippen molar-refractivity contribution in [3.63, 3.8) is 0 Å². The Bertz CT molecular complexity index is 1920. The molecule has 0 aromatic carbocycles. The fourth-order valence-corrected chi connectivity index (χ4v) is 8.36. The molecular weight excluding hydrogens is 1030 g/mol. The standard InChI is InChI=1S/C74H119NO8/c1-6-8-10-12-14-16-18-20-22-24-25-26-27-28-29-30-31-32-33-34-35-36-37-38-39-40-41-42-43-44-45-46-47-49-51-53-55-57-59-61-63-65-72(77)83-70(69-82-74(73(78)79)80-67-66-75(3,4)5)68-81-71(76)64-62-60-58-56-54-52-50-48-23-21-19-17-15-13-11-9-7-2/h8-11,14-17,20-23,25-26,28-29,31-32,34-35,37-38,50,52,56,58,70,74H,6-7,12-13,18-19,24,27,30,33,36,39-49,51,53-55,57,59-69H2,1-5H3/p+1/b10-8-,11-9-,16-14-,17-15-,22-20-,23-21-,26-25-,29-28-,32-31-,35-34-,38-37-,52-50-,58-56-. The molecule has 2 unspecified atom stereocenters. The summed E-state index contributed by atoms with van der Waals surface area (Å²) in [6.07, 6.45) is 90.8. The molecule has 0 saturated heterocycles. The van der Waals surface area contributed by atoms with Gasteiger partial charge in [-0.1, -0.05) is 262 Å². The van der Waals surface area contributed by atoms with Crippen LogP contribution in [0, 0.1) is 0 Å². The van der Waals surface area contributed by atoms with Crippen LogP contribution < -0.4 is 0 Å². The second-order valence-electron chi connectivity index (χ2n) is 22.3. The van der Waals surface area contributed by atoms with Crippen LogP contribution >= 0.6 is 0 Å². The number of nitrogens with zero attached hydrogens (tertiary/aromatic N) is 1. The van der Waals surface area contributed by atoms with E-state index in [0.29, 0.717) is 23.9 Å². The van der Waals surface area contributed by atoms with Crippen LogP contribution in [0.15, 0.2) is 158 Å².